The summed E-state index contributed by atoms with van der Waals surface area (Å²) < 4.78 is 20.1. The summed E-state index contributed by atoms with van der Waals surface area (Å²) in [4.78, 5) is 4.81. The van der Waals surface area contributed by atoms with E-state index in [0.717, 1.165) is 69.7 Å². The number of piperazine rings is 1. The first kappa shape index (κ1) is 21.3. The molecule has 1 saturated heterocycles. The number of hydrogen-bond donors (Lipinski definition) is 1. The van der Waals surface area contributed by atoms with E-state index in [-0.39, 0.29) is 11.7 Å². The summed E-state index contributed by atoms with van der Waals surface area (Å²) >= 11 is 0. The predicted octanol–water partition coefficient (Wildman–Crippen LogP) is 4.21. The minimum Gasteiger partial charge on any atom is -0.465 e. The van der Waals surface area contributed by atoms with Crippen molar-refractivity contribution in [1.29, 1.82) is 0 Å². The Bertz CT molecular complexity index is 843. The van der Waals surface area contributed by atoms with Crippen molar-refractivity contribution in [2.75, 3.05) is 39.8 Å². The summed E-state index contributed by atoms with van der Waals surface area (Å²) in [6.07, 6.45) is 7.81. The summed E-state index contributed by atoms with van der Waals surface area (Å²) in [7, 11) is 2.15. The molecule has 5 heteroatoms. The van der Waals surface area contributed by atoms with Crippen LogP contribution in [0.25, 0.3) is 6.08 Å². The van der Waals surface area contributed by atoms with Gasteiger partial charge in [-0.15, -0.1) is 0 Å². The highest BCUT2D eigenvalue weighted by Gasteiger charge is 2.42. The molecule has 0 amide bonds. The molecule has 2 aromatic rings. The van der Waals surface area contributed by atoms with Crippen LogP contribution in [0.5, 0.6) is 0 Å². The van der Waals surface area contributed by atoms with Crippen molar-refractivity contribution < 1.29 is 13.9 Å². The number of rotatable bonds is 5. The summed E-state index contributed by atoms with van der Waals surface area (Å²) in [5.41, 5.74) is 0.461. The van der Waals surface area contributed by atoms with Gasteiger partial charge in [-0.05, 0) is 61.7 Å². The third-order valence-electron chi connectivity index (χ3n) is 6.83. The van der Waals surface area contributed by atoms with Crippen LogP contribution in [0.4, 0.5) is 4.39 Å². The van der Waals surface area contributed by atoms with Crippen molar-refractivity contribution in [2.24, 2.45) is 5.92 Å². The number of nitrogens with zero attached hydrogens (tertiary/aromatic N) is 2. The molecule has 4 nitrogen and oxygen atoms in total. The Hall–Kier alpha value is -1.95. The maximum atomic E-state index is 14.6. The molecule has 1 N–H and O–H groups in total. The van der Waals surface area contributed by atoms with E-state index in [1.807, 2.05) is 24.3 Å². The molecule has 4 rings (SSSR count). The Morgan fingerprint density at radius 1 is 1.13 bits per heavy atom. The van der Waals surface area contributed by atoms with Gasteiger partial charge < -0.3 is 19.3 Å². The van der Waals surface area contributed by atoms with E-state index >= 15 is 0 Å². The topological polar surface area (TPSA) is 39.9 Å². The molecule has 1 aliphatic heterocycles. The maximum Gasteiger partial charge on any atom is 0.126 e. The van der Waals surface area contributed by atoms with Crippen LogP contribution >= 0.6 is 0 Å². The molecule has 2 atom stereocenters. The lowest BCUT2D eigenvalue weighted by Crippen LogP contribution is -2.51. The third-order valence-corrected chi connectivity index (χ3v) is 6.83. The average molecular weight is 413 g/mol. The molecule has 0 bridgehead atoms. The molecule has 1 saturated carbocycles. The maximum absolute atomic E-state index is 14.6. The zero-order valence-electron chi connectivity index (χ0n) is 17.9. The molecule has 1 aliphatic carbocycles. The first-order valence-electron chi connectivity index (χ1n) is 11.2. The molecule has 0 radical (unpaired) electrons. The summed E-state index contributed by atoms with van der Waals surface area (Å²) in [5, 5.41) is 12.2. The van der Waals surface area contributed by atoms with Crippen molar-refractivity contribution >= 4 is 6.08 Å². The molecule has 30 heavy (non-hydrogen) atoms. The van der Waals surface area contributed by atoms with Crippen molar-refractivity contribution in [3.63, 3.8) is 0 Å². The SMILES string of the molecule is CN1CCN(CC2CCCC/C(=C/c3ccco3)C2(O)Cc2ccccc2F)CC1. The second kappa shape index (κ2) is 9.46. The molecule has 0 spiro atoms. The summed E-state index contributed by atoms with van der Waals surface area (Å²) in [6, 6.07) is 10.6. The predicted molar refractivity (Wildman–Crippen MR) is 118 cm³/mol. The molecular formula is C25H33FN2O2. The van der Waals surface area contributed by atoms with Gasteiger partial charge in [0.1, 0.15) is 11.6 Å². The van der Waals surface area contributed by atoms with Gasteiger partial charge in [0.15, 0.2) is 0 Å². The van der Waals surface area contributed by atoms with Crippen LogP contribution < -0.4 is 0 Å². The second-order valence-electron chi connectivity index (χ2n) is 8.92. The van der Waals surface area contributed by atoms with Crippen molar-refractivity contribution in [3.05, 3.63) is 65.4 Å². The van der Waals surface area contributed by atoms with Gasteiger partial charge in [0.05, 0.1) is 11.9 Å². The molecule has 162 valence electrons. The molecule has 1 aromatic carbocycles. The van der Waals surface area contributed by atoms with E-state index in [2.05, 4.69) is 16.8 Å². The van der Waals surface area contributed by atoms with Crippen LogP contribution in [-0.2, 0) is 6.42 Å². The van der Waals surface area contributed by atoms with Crippen LogP contribution in [0.3, 0.4) is 0 Å². The molecule has 1 aromatic heterocycles. The Morgan fingerprint density at radius 3 is 2.67 bits per heavy atom. The van der Waals surface area contributed by atoms with E-state index in [4.69, 9.17) is 4.42 Å². The zero-order chi connectivity index (χ0) is 21.0. The number of hydrogen-bond acceptors (Lipinski definition) is 4. The third kappa shape index (κ3) is 4.85. The molecule has 2 fully saturated rings. The van der Waals surface area contributed by atoms with Gasteiger partial charge in [0.2, 0.25) is 0 Å². The lowest BCUT2D eigenvalue weighted by Gasteiger charge is -2.42. The number of likely N-dealkylation sites (N-methyl/N-ethyl adjacent to an activating group) is 1. The fraction of sp³-hybridized carbons (Fsp3) is 0.520. The largest absolute Gasteiger partial charge is 0.465 e. The quantitative estimate of drug-likeness (QED) is 0.747. The Kier molecular flexibility index (Phi) is 6.71. The van der Waals surface area contributed by atoms with Crippen molar-refractivity contribution in [1.82, 2.24) is 9.80 Å². The number of benzene rings is 1. The van der Waals surface area contributed by atoms with E-state index in [1.54, 1.807) is 18.4 Å². The molecule has 2 aliphatic rings. The standard InChI is InChI=1S/C25H33FN2O2/c1-27-12-14-28(15-13-27)19-22-9-4-3-8-21(17-23-10-6-16-30-23)25(22,29)18-20-7-2-5-11-24(20)26/h2,5-7,10-11,16-17,22,29H,3-4,8-9,12-15,18-19H2,1H3/b21-17-. The summed E-state index contributed by atoms with van der Waals surface area (Å²) in [6.45, 7) is 4.97. The number of aliphatic hydroxyl groups is 1. The number of halogens is 1. The zero-order valence-corrected chi connectivity index (χ0v) is 17.9. The van der Waals surface area contributed by atoms with Crippen LogP contribution in [0, 0.1) is 11.7 Å². The normalized spacial score (nSPS) is 28.0. The van der Waals surface area contributed by atoms with Crippen LogP contribution in [-0.4, -0.2) is 60.3 Å². The first-order chi connectivity index (χ1) is 14.5. The lowest BCUT2D eigenvalue weighted by atomic mass is 9.75. The highest BCUT2D eigenvalue weighted by Crippen LogP contribution is 2.41. The molecule has 2 heterocycles. The Labute approximate surface area is 179 Å². The van der Waals surface area contributed by atoms with Gasteiger partial charge in [0.25, 0.3) is 0 Å². The van der Waals surface area contributed by atoms with Gasteiger partial charge in [0, 0.05) is 45.1 Å². The second-order valence-corrected chi connectivity index (χ2v) is 8.92. The fourth-order valence-electron chi connectivity index (χ4n) is 4.94. The Balaban J connectivity index is 1.67. The van der Waals surface area contributed by atoms with E-state index < -0.39 is 5.60 Å². The van der Waals surface area contributed by atoms with Gasteiger partial charge in [-0.1, -0.05) is 24.6 Å². The highest BCUT2D eigenvalue weighted by molar-refractivity contribution is 5.51. The minimum absolute atomic E-state index is 0.0595. The first-order valence-corrected chi connectivity index (χ1v) is 11.2. The van der Waals surface area contributed by atoms with E-state index in [9.17, 15) is 9.50 Å². The smallest absolute Gasteiger partial charge is 0.126 e. The minimum atomic E-state index is -1.09. The monoisotopic (exact) mass is 412 g/mol. The van der Waals surface area contributed by atoms with Crippen LogP contribution in [0.15, 0.2) is 52.7 Å². The van der Waals surface area contributed by atoms with Crippen molar-refractivity contribution in [3.8, 4) is 0 Å². The van der Waals surface area contributed by atoms with Crippen molar-refractivity contribution in [2.45, 2.75) is 37.7 Å². The number of furan rings is 1. The van der Waals surface area contributed by atoms with Gasteiger partial charge in [-0.2, -0.15) is 0 Å². The van der Waals surface area contributed by atoms with Crippen LogP contribution in [0.1, 0.15) is 37.0 Å². The Morgan fingerprint density at radius 2 is 1.93 bits per heavy atom. The average Bonchev–Trinajstić information content (AvgIpc) is 3.20. The van der Waals surface area contributed by atoms with E-state index in [0.29, 0.717) is 12.0 Å². The summed E-state index contributed by atoms with van der Waals surface area (Å²) in [5.74, 6) is 0.562. The van der Waals surface area contributed by atoms with Gasteiger partial charge in [-0.3, -0.25) is 0 Å². The lowest BCUT2D eigenvalue weighted by molar-refractivity contribution is -0.00703. The highest BCUT2D eigenvalue weighted by atomic mass is 19.1. The molecule has 2 unspecified atom stereocenters. The van der Waals surface area contributed by atoms with Gasteiger partial charge >= 0.3 is 0 Å². The molecular weight excluding hydrogens is 379 g/mol. The van der Waals surface area contributed by atoms with Crippen LogP contribution in [0.2, 0.25) is 0 Å². The van der Waals surface area contributed by atoms with Gasteiger partial charge in [-0.25, -0.2) is 4.39 Å². The fourth-order valence-corrected chi connectivity index (χ4v) is 4.94. The van der Waals surface area contributed by atoms with E-state index in [1.165, 1.54) is 6.07 Å².